The van der Waals surface area contributed by atoms with E-state index in [9.17, 15) is 13.6 Å². The Morgan fingerprint density at radius 3 is 2.40 bits per heavy atom. The summed E-state index contributed by atoms with van der Waals surface area (Å²) in [6.45, 7) is 5.27. The molecule has 0 atom stereocenters. The highest BCUT2D eigenvalue weighted by Crippen LogP contribution is 2.20. The Bertz CT molecular complexity index is 378. The van der Waals surface area contributed by atoms with E-state index in [2.05, 4.69) is 0 Å². The Morgan fingerprint density at radius 2 is 1.87 bits per heavy atom. The Balaban J connectivity index is 2.91. The number of Topliss-reactive ketones (excluding diaryl/α,β-unsaturated/α-hetero) is 1. The number of carbonyl (C=O) groups excluding carboxylic acids is 1. The second-order valence-electron chi connectivity index (χ2n) is 4.56. The molecule has 1 aromatic rings. The van der Waals surface area contributed by atoms with E-state index in [1.54, 1.807) is 20.8 Å². The highest BCUT2D eigenvalue weighted by molar-refractivity contribution is 5.85. The third-order valence-corrected chi connectivity index (χ3v) is 2.22. The summed E-state index contributed by atoms with van der Waals surface area (Å²) in [4.78, 5) is 11.6. The minimum absolute atomic E-state index is 0.0624. The smallest absolute Gasteiger partial charge is 0.162 e. The Labute approximate surface area is 88.1 Å². The van der Waals surface area contributed by atoms with Crippen molar-refractivity contribution >= 4 is 5.78 Å². The van der Waals surface area contributed by atoms with E-state index in [-0.39, 0.29) is 17.8 Å². The van der Waals surface area contributed by atoms with E-state index in [0.29, 0.717) is 0 Å². The van der Waals surface area contributed by atoms with Gasteiger partial charge in [-0.15, -0.1) is 0 Å². The summed E-state index contributed by atoms with van der Waals surface area (Å²) in [5.74, 6) is -1.93. The summed E-state index contributed by atoms with van der Waals surface area (Å²) < 4.78 is 26.1. The molecular weight excluding hydrogens is 198 g/mol. The summed E-state index contributed by atoms with van der Waals surface area (Å²) >= 11 is 0. The summed E-state index contributed by atoms with van der Waals surface area (Å²) in [5.41, 5.74) is -0.409. The fourth-order valence-corrected chi connectivity index (χ4v) is 1.12. The largest absolute Gasteiger partial charge is 0.299 e. The highest BCUT2D eigenvalue weighted by atomic mass is 19.2. The predicted octanol–water partition coefficient (Wildman–Crippen LogP) is 3.12. The normalized spacial score (nSPS) is 11.5. The van der Waals surface area contributed by atoms with Gasteiger partial charge in [-0.1, -0.05) is 32.9 Å². The van der Waals surface area contributed by atoms with Crippen LogP contribution in [0.4, 0.5) is 8.78 Å². The number of benzene rings is 1. The zero-order valence-electron chi connectivity index (χ0n) is 9.10. The lowest BCUT2D eigenvalue weighted by atomic mass is 9.87. The molecule has 0 aliphatic carbocycles. The number of rotatable bonds is 2. The summed E-state index contributed by atoms with van der Waals surface area (Å²) in [7, 11) is 0. The van der Waals surface area contributed by atoms with Crippen LogP contribution in [0.1, 0.15) is 26.3 Å². The van der Waals surface area contributed by atoms with Gasteiger partial charge in [0, 0.05) is 11.8 Å². The van der Waals surface area contributed by atoms with E-state index in [1.165, 1.54) is 12.1 Å². The number of carbonyl (C=O) groups is 1. The van der Waals surface area contributed by atoms with Crippen LogP contribution in [0.3, 0.4) is 0 Å². The van der Waals surface area contributed by atoms with Crippen molar-refractivity contribution < 1.29 is 13.6 Å². The van der Waals surface area contributed by atoms with E-state index in [0.717, 1.165) is 6.07 Å². The van der Waals surface area contributed by atoms with Crippen molar-refractivity contribution in [2.45, 2.75) is 27.2 Å². The van der Waals surface area contributed by atoms with E-state index in [1.807, 2.05) is 0 Å². The lowest BCUT2D eigenvalue weighted by molar-refractivity contribution is -0.125. The molecule has 0 unspecified atom stereocenters. The molecule has 0 aliphatic heterocycles. The highest BCUT2D eigenvalue weighted by Gasteiger charge is 2.22. The van der Waals surface area contributed by atoms with Crippen molar-refractivity contribution in [1.82, 2.24) is 0 Å². The molecule has 82 valence electrons. The zero-order valence-corrected chi connectivity index (χ0v) is 9.10. The van der Waals surface area contributed by atoms with E-state index >= 15 is 0 Å². The maximum atomic E-state index is 13.2. The van der Waals surface area contributed by atoms with Crippen LogP contribution in [-0.4, -0.2) is 5.78 Å². The lowest BCUT2D eigenvalue weighted by Gasteiger charge is -2.16. The Kier molecular flexibility index (Phi) is 3.22. The SMILES string of the molecule is CC(C)(C)C(=O)Cc1cccc(F)c1F. The number of hydrogen-bond donors (Lipinski definition) is 0. The molecule has 0 saturated heterocycles. The van der Waals surface area contributed by atoms with Crippen molar-refractivity contribution in [2.24, 2.45) is 5.41 Å². The van der Waals surface area contributed by atoms with Gasteiger partial charge in [-0.3, -0.25) is 4.79 Å². The van der Waals surface area contributed by atoms with Gasteiger partial charge in [0.1, 0.15) is 5.78 Å². The van der Waals surface area contributed by atoms with Gasteiger partial charge in [0.05, 0.1) is 0 Å². The first-order valence-corrected chi connectivity index (χ1v) is 4.78. The van der Waals surface area contributed by atoms with Crippen LogP contribution in [-0.2, 0) is 11.2 Å². The standard InChI is InChI=1S/C12H14F2O/c1-12(2,3)10(15)7-8-5-4-6-9(13)11(8)14/h4-6H,7H2,1-3H3. The lowest BCUT2D eigenvalue weighted by Crippen LogP contribution is -2.22. The zero-order chi connectivity index (χ0) is 11.6. The number of halogens is 2. The van der Waals surface area contributed by atoms with Gasteiger partial charge in [-0.2, -0.15) is 0 Å². The Hall–Kier alpha value is -1.25. The molecule has 3 heteroatoms. The fourth-order valence-electron chi connectivity index (χ4n) is 1.12. The van der Waals surface area contributed by atoms with Gasteiger partial charge in [-0.25, -0.2) is 8.78 Å². The molecule has 0 saturated carbocycles. The van der Waals surface area contributed by atoms with E-state index in [4.69, 9.17) is 0 Å². The van der Waals surface area contributed by atoms with Gasteiger partial charge in [0.25, 0.3) is 0 Å². The molecule has 15 heavy (non-hydrogen) atoms. The van der Waals surface area contributed by atoms with Crippen LogP contribution in [0.5, 0.6) is 0 Å². The average molecular weight is 212 g/mol. The fraction of sp³-hybridized carbons (Fsp3) is 0.417. The van der Waals surface area contributed by atoms with Gasteiger partial charge in [-0.05, 0) is 11.6 Å². The maximum absolute atomic E-state index is 13.2. The van der Waals surface area contributed by atoms with Crippen molar-refractivity contribution in [2.75, 3.05) is 0 Å². The quantitative estimate of drug-likeness (QED) is 0.736. The van der Waals surface area contributed by atoms with Crippen LogP contribution < -0.4 is 0 Å². The molecule has 0 amide bonds. The minimum atomic E-state index is -0.921. The number of ketones is 1. The summed E-state index contributed by atoms with van der Waals surface area (Å²) in [6, 6.07) is 3.88. The topological polar surface area (TPSA) is 17.1 Å². The van der Waals surface area contributed by atoms with Crippen LogP contribution in [0, 0.1) is 17.0 Å². The molecule has 0 aromatic heterocycles. The first kappa shape index (κ1) is 11.8. The van der Waals surface area contributed by atoms with Crippen LogP contribution in [0.15, 0.2) is 18.2 Å². The molecule has 0 fully saturated rings. The number of hydrogen-bond acceptors (Lipinski definition) is 1. The summed E-state index contributed by atoms with van der Waals surface area (Å²) in [5, 5.41) is 0. The molecule has 1 aromatic carbocycles. The molecular formula is C12H14F2O. The first-order chi connectivity index (χ1) is 6.82. The molecule has 0 bridgehead atoms. The molecule has 0 N–H and O–H groups in total. The average Bonchev–Trinajstić information content (AvgIpc) is 2.11. The van der Waals surface area contributed by atoms with Crippen LogP contribution in [0.2, 0.25) is 0 Å². The second kappa shape index (κ2) is 4.09. The third kappa shape index (κ3) is 2.85. The molecule has 1 rings (SSSR count). The first-order valence-electron chi connectivity index (χ1n) is 4.78. The van der Waals surface area contributed by atoms with Gasteiger partial charge < -0.3 is 0 Å². The summed E-state index contributed by atoms with van der Waals surface area (Å²) in [6.07, 6.45) is -0.0624. The van der Waals surface area contributed by atoms with Crippen LogP contribution in [0.25, 0.3) is 0 Å². The van der Waals surface area contributed by atoms with Gasteiger partial charge in [0.15, 0.2) is 11.6 Å². The van der Waals surface area contributed by atoms with Gasteiger partial charge in [0.2, 0.25) is 0 Å². The van der Waals surface area contributed by atoms with Crippen molar-refractivity contribution in [3.63, 3.8) is 0 Å². The molecule has 1 nitrogen and oxygen atoms in total. The molecule has 0 heterocycles. The van der Waals surface area contributed by atoms with Crippen molar-refractivity contribution in [3.05, 3.63) is 35.4 Å². The van der Waals surface area contributed by atoms with Crippen molar-refractivity contribution in [3.8, 4) is 0 Å². The van der Waals surface area contributed by atoms with Gasteiger partial charge >= 0.3 is 0 Å². The molecule has 0 spiro atoms. The Morgan fingerprint density at radius 1 is 1.27 bits per heavy atom. The predicted molar refractivity (Wildman–Crippen MR) is 54.5 cm³/mol. The third-order valence-electron chi connectivity index (χ3n) is 2.22. The minimum Gasteiger partial charge on any atom is -0.299 e. The van der Waals surface area contributed by atoms with Crippen LogP contribution >= 0.6 is 0 Å². The molecule has 0 aliphatic rings. The maximum Gasteiger partial charge on any atom is 0.162 e. The van der Waals surface area contributed by atoms with E-state index < -0.39 is 17.0 Å². The second-order valence-corrected chi connectivity index (χ2v) is 4.56. The van der Waals surface area contributed by atoms with Crippen molar-refractivity contribution in [1.29, 1.82) is 0 Å². The monoisotopic (exact) mass is 212 g/mol. The molecule has 0 radical (unpaired) electrons.